The standard InChI is InChI=1S/C35H46N2/c1-24(28-19-20-37-23-28)21-29(22-36)33-18-17-32(34-10-4-5-11-35(33)34)27-15-13-26(14-16-27)31-12-6-8-25-7-2-3-9-30(25)31/h6,8,12,15,17-21,26,28-29,32,34,37H,2-5,7,9-11,13-14,16,22-23,36H2,1H3/b24-21+. The summed E-state index contributed by atoms with van der Waals surface area (Å²) in [6.07, 6.45) is 29.1. The van der Waals surface area contributed by atoms with Gasteiger partial charge in [0.25, 0.3) is 0 Å². The van der Waals surface area contributed by atoms with E-state index in [-0.39, 0.29) is 0 Å². The normalized spacial score (nSPS) is 30.4. The van der Waals surface area contributed by atoms with E-state index in [2.05, 4.69) is 67.0 Å². The SMILES string of the molecule is C/C(=C\C(CN)C1=C2CCCCC2C(C2=CCC(c3cccc4c3CCCC4)CC2)C=C1)C1C=CNC1. The Morgan fingerprint density at radius 1 is 1.05 bits per heavy atom. The van der Waals surface area contributed by atoms with Crippen molar-refractivity contribution in [2.75, 3.05) is 13.1 Å². The van der Waals surface area contributed by atoms with Crippen LogP contribution < -0.4 is 11.1 Å². The molecule has 3 N–H and O–H groups in total. The Hall–Kier alpha value is -2.32. The topological polar surface area (TPSA) is 38.0 Å². The van der Waals surface area contributed by atoms with Crippen LogP contribution in [0.25, 0.3) is 0 Å². The van der Waals surface area contributed by atoms with Gasteiger partial charge in [-0.25, -0.2) is 0 Å². The molecular formula is C35H46N2. The summed E-state index contributed by atoms with van der Waals surface area (Å²) in [5.41, 5.74) is 17.9. The molecule has 6 rings (SSSR count). The summed E-state index contributed by atoms with van der Waals surface area (Å²) in [6.45, 7) is 4.01. The molecule has 1 heterocycles. The summed E-state index contributed by atoms with van der Waals surface area (Å²) >= 11 is 0. The lowest BCUT2D eigenvalue weighted by atomic mass is 9.65. The lowest BCUT2D eigenvalue weighted by Gasteiger charge is -2.40. The summed E-state index contributed by atoms with van der Waals surface area (Å²) in [5, 5.41) is 3.35. The van der Waals surface area contributed by atoms with Gasteiger partial charge in [-0.2, -0.15) is 0 Å². The molecule has 1 aliphatic heterocycles. The number of rotatable bonds is 6. The molecule has 5 aliphatic rings. The molecule has 196 valence electrons. The number of nitrogens with one attached hydrogen (secondary N) is 1. The van der Waals surface area contributed by atoms with E-state index < -0.39 is 0 Å². The fourth-order valence-electron chi connectivity index (χ4n) is 8.11. The van der Waals surface area contributed by atoms with E-state index >= 15 is 0 Å². The quantitative estimate of drug-likeness (QED) is 0.398. The molecule has 0 radical (unpaired) electrons. The Kier molecular flexibility index (Phi) is 7.56. The molecule has 1 fully saturated rings. The van der Waals surface area contributed by atoms with Crippen LogP contribution in [0.1, 0.15) is 87.3 Å². The average Bonchev–Trinajstić information content (AvgIpc) is 3.51. The van der Waals surface area contributed by atoms with Crippen molar-refractivity contribution in [2.24, 2.45) is 29.4 Å². The predicted molar refractivity (Wildman–Crippen MR) is 156 cm³/mol. The third-order valence-electron chi connectivity index (χ3n) is 10.2. The Labute approximate surface area is 224 Å². The van der Waals surface area contributed by atoms with Crippen molar-refractivity contribution >= 4 is 0 Å². The first-order valence-corrected chi connectivity index (χ1v) is 15.2. The zero-order valence-electron chi connectivity index (χ0n) is 22.9. The van der Waals surface area contributed by atoms with Gasteiger partial charge in [-0.1, -0.05) is 71.7 Å². The van der Waals surface area contributed by atoms with E-state index in [0.29, 0.717) is 30.2 Å². The summed E-state index contributed by atoms with van der Waals surface area (Å²) in [6, 6.07) is 7.16. The second-order valence-corrected chi connectivity index (χ2v) is 12.3. The molecule has 37 heavy (non-hydrogen) atoms. The fraction of sp³-hybridized carbons (Fsp3) is 0.543. The molecule has 0 bridgehead atoms. The van der Waals surface area contributed by atoms with Crippen LogP contribution in [0.3, 0.4) is 0 Å². The largest absolute Gasteiger partial charge is 0.390 e. The minimum absolute atomic E-state index is 0.343. The lowest BCUT2D eigenvalue weighted by Crippen LogP contribution is -2.28. The first-order valence-electron chi connectivity index (χ1n) is 15.2. The first-order chi connectivity index (χ1) is 18.2. The number of fused-ring (bicyclic) bond motifs is 2. The molecule has 0 spiro atoms. The maximum atomic E-state index is 6.41. The first kappa shape index (κ1) is 25.0. The molecular weight excluding hydrogens is 448 g/mol. The lowest BCUT2D eigenvalue weighted by molar-refractivity contribution is 0.370. The molecule has 4 aliphatic carbocycles. The van der Waals surface area contributed by atoms with Crippen molar-refractivity contribution in [3.05, 3.63) is 93.8 Å². The average molecular weight is 495 g/mol. The summed E-state index contributed by atoms with van der Waals surface area (Å²) < 4.78 is 0. The van der Waals surface area contributed by atoms with Gasteiger partial charge in [-0.3, -0.25) is 0 Å². The van der Waals surface area contributed by atoms with Crippen molar-refractivity contribution in [3.63, 3.8) is 0 Å². The van der Waals surface area contributed by atoms with Gasteiger partial charge in [0.15, 0.2) is 0 Å². The summed E-state index contributed by atoms with van der Waals surface area (Å²) in [5.74, 6) is 2.87. The minimum atomic E-state index is 0.343. The molecule has 2 heteroatoms. The van der Waals surface area contributed by atoms with Gasteiger partial charge in [-0.15, -0.1) is 0 Å². The van der Waals surface area contributed by atoms with Crippen molar-refractivity contribution in [2.45, 2.75) is 83.5 Å². The molecule has 0 saturated heterocycles. The van der Waals surface area contributed by atoms with Gasteiger partial charge in [0, 0.05) is 30.8 Å². The number of benzene rings is 1. The zero-order chi connectivity index (χ0) is 25.2. The van der Waals surface area contributed by atoms with Gasteiger partial charge in [0.05, 0.1) is 0 Å². The van der Waals surface area contributed by atoms with E-state index in [9.17, 15) is 0 Å². The number of hydrogen-bond acceptors (Lipinski definition) is 2. The Morgan fingerprint density at radius 3 is 2.76 bits per heavy atom. The van der Waals surface area contributed by atoms with E-state index in [1.54, 1.807) is 33.4 Å². The predicted octanol–water partition coefficient (Wildman–Crippen LogP) is 7.69. The highest BCUT2D eigenvalue weighted by molar-refractivity contribution is 5.43. The number of nitrogens with two attached hydrogens (primary N) is 1. The van der Waals surface area contributed by atoms with Crippen LogP contribution >= 0.6 is 0 Å². The number of allylic oxidation sites excluding steroid dienone is 5. The second kappa shape index (κ2) is 11.2. The molecule has 0 amide bonds. The molecule has 5 atom stereocenters. The minimum Gasteiger partial charge on any atom is -0.390 e. The maximum Gasteiger partial charge on any atom is 0.0242 e. The van der Waals surface area contributed by atoms with Gasteiger partial charge >= 0.3 is 0 Å². The van der Waals surface area contributed by atoms with Crippen LogP contribution in [0, 0.1) is 23.7 Å². The smallest absolute Gasteiger partial charge is 0.0242 e. The van der Waals surface area contributed by atoms with Gasteiger partial charge in [0.1, 0.15) is 0 Å². The molecule has 0 aromatic heterocycles. The second-order valence-electron chi connectivity index (χ2n) is 12.3. The Balaban J connectivity index is 1.21. The van der Waals surface area contributed by atoms with Crippen LogP contribution in [0.4, 0.5) is 0 Å². The van der Waals surface area contributed by atoms with E-state index in [0.717, 1.165) is 12.5 Å². The summed E-state index contributed by atoms with van der Waals surface area (Å²) in [4.78, 5) is 0. The highest BCUT2D eigenvalue weighted by atomic mass is 14.9. The zero-order valence-corrected chi connectivity index (χ0v) is 22.9. The Bertz CT molecular complexity index is 1150. The molecule has 1 aromatic carbocycles. The highest BCUT2D eigenvalue weighted by Gasteiger charge is 2.35. The molecule has 2 nitrogen and oxygen atoms in total. The number of hydrogen-bond donors (Lipinski definition) is 2. The van der Waals surface area contributed by atoms with Gasteiger partial charge in [0.2, 0.25) is 0 Å². The van der Waals surface area contributed by atoms with Crippen LogP contribution in [0.5, 0.6) is 0 Å². The van der Waals surface area contributed by atoms with Gasteiger partial charge < -0.3 is 11.1 Å². The third-order valence-corrected chi connectivity index (χ3v) is 10.2. The Morgan fingerprint density at radius 2 is 1.95 bits per heavy atom. The van der Waals surface area contributed by atoms with Crippen LogP contribution in [0.15, 0.2) is 77.1 Å². The van der Waals surface area contributed by atoms with Crippen molar-refractivity contribution in [3.8, 4) is 0 Å². The van der Waals surface area contributed by atoms with Crippen molar-refractivity contribution < 1.29 is 0 Å². The summed E-state index contributed by atoms with van der Waals surface area (Å²) in [7, 11) is 0. The van der Waals surface area contributed by atoms with Crippen LogP contribution in [0.2, 0.25) is 0 Å². The monoisotopic (exact) mass is 494 g/mol. The molecule has 5 unspecified atom stereocenters. The van der Waals surface area contributed by atoms with E-state index in [4.69, 9.17) is 5.73 Å². The third kappa shape index (κ3) is 5.07. The van der Waals surface area contributed by atoms with Crippen LogP contribution in [-0.2, 0) is 12.8 Å². The van der Waals surface area contributed by atoms with E-state index in [1.807, 2.05) is 0 Å². The van der Waals surface area contributed by atoms with E-state index in [1.165, 1.54) is 76.2 Å². The fourth-order valence-corrected chi connectivity index (χ4v) is 8.11. The van der Waals surface area contributed by atoms with Crippen molar-refractivity contribution in [1.82, 2.24) is 5.32 Å². The van der Waals surface area contributed by atoms with Crippen LogP contribution in [-0.4, -0.2) is 13.1 Å². The number of aryl methyl sites for hydroxylation is 1. The van der Waals surface area contributed by atoms with Gasteiger partial charge in [-0.05, 0) is 111 Å². The highest BCUT2D eigenvalue weighted by Crippen LogP contribution is 2.48. The van der Waals surface area contributed by atoms with Crippen molar-refractivity contribution in [1.29, 1.82) is 0 Å². The molecule has 1 aromatic rings. The maximum absolute atomic E-state index is 6.41. The molecule has 1 saturated carbocycles.